The molecule has 4 aromatic rings. The van der Waals surface area contributed by atoms with Crippen molar-refractivity contribution in [2.75, 3.05) is 5.75 Å². The molecule has 0 spiro atoms. The molecule has 0 amide bonds. The molecular weight excluding hydrogens is 1300 g/mol. The van der Waals surface area contributed by atoms with E-state index in [1.54, 1.807) is 0 Å². The molecule has 1 atom stereocenters. The van der Waals surface area contributed by atoms with Crippen LogP contribution in [-0.2, 0) is 47.2 Å². The van der Waals surface area contributed by atoms with Gasteiger partial charge in [0, 0.05) is 21.4 Å². The summed E-state index contributed by atoms with van der Waals surface area (Å²) in [7, 11) is -2.93. The molecule has 0 saturated carbocycles. The molecule has 1 aromatic heterocycles. The normalized spacial score (nSPS) is 13.0. The molecular formula is C90H153N3O7PS+. The number of hydrogen-bond acceptors (Lipinski definition) is 11. The number of phenolic OH excluding ortho intramolecular Hbond substituents is 2. The van der Waals surface area contributed by atoms with Gasteiger partial charge in [-0.1, -0.05) is 407 Å². The van der Waals surface area contributed by atoms with E-state index in [2.05, 4.69) is 170 Å². The van der Waals surface area contributed by atoms with Crippen molar-refractivity contribution in [2.24, 2.45) is 0 Å². The predicted octanol–water partition coefficient (Wildman–Crippen LogP) is 30.4. The van der Waals surface area contributed by atoms with Crippen LogP contribution in [-0.4, -0.2) is 30.9 Å². The van der Waals surface area contributed by atoms with Crippen LogP contribution in [0.3, 0.4) is 0 Å². The van der Waals surface area contributed by atoms with Crippen molar-refractivity contribution in [1.29, 1.82) is 0 Å². The number of aromatic hydroxyl groups is 2. The van der Waals surface area contributed by atoms with Crippen molar-refractivity contribution in [2.45, 2.75) is 445 Å². The Bertz CT molecular complexity index is 2950. The third-order valence-electron chi connectivity index (χ3n) is 20.7. The Hall–Kier alpha value is -3.92. The van der Waals surface area contributed by atoms with Crippen LogP contribution in [0.4, 0.5) is 0 Å². The molecule has 0 aliphatic heterocycles. The van der Waals surface area contributed by atoms with Crippen molar-refractivity contribution in [3.63, 3.8) is 0 Å². The number of nitrogens with zero attached hydrogens (tertiary/aromatic N) is 3. The van der Waals surface area contributed by atoms with Crippen LogP contribution in [0.1, 0.15) is 441 Å². The smallest absolute Gasteiger partial charge is 0.507 e. The van der Waals surface area contributed by atoms with E-state index in [1.165, 1.54) is 204 Å². The van der Waals surface area contributed by atoms with E-state index < -0.39 is 35.5 Å². The molecule has 102 heavy (non-hydrogen) atoms. The molecule has 0 saturated heterocycles. The van der Waals surface area contributed by atoms with Crippen LogP contribution in [0, 0.1) is 0 Å². The highest BCUT2D eigenvalue weighted by molar-refractivity contribution is 7.99. The molecule has 3 aromatic carbocycles. The minimum atomic E-state index is -2.93. The van der Waals surface area contributed by atoms with Gasteiger partial charge in [0.15, 0.2) is 28.0 Å². The number of unbranched alkanes of at least 4 members (excludes halogenated alkanes) is 35. The minimum Gasteiger partial charge on any atom is -0.507 e. The van der Waals surface area contributed by atoms with Gasteiger partial charge in [-0.25, -0.2) is 4.52 Å². The summed E-state index contributed by atoms with van der Waals surface area (Å²) in [5.41, 5.74) is 2.82. The van der Waals surface area contributed by atoms with Crippen LogP contribution in [0.15, 0.2) is 41.6 Å². The number of ether oxygens (including phenoxy) is 2. The third kappa shape index (κ3) is 33.1. The van der Waals surface area contributed by atoms with E-state index in [4.69, 9.17) is 33.5 Å². The van der Waals surface area contributed by atoms with Crippen LogP contribution in [0.2, 0.25) is 0 Å². The number of hydrogen-bond donors (Lipinski definition) is 2. The fourth-order valence-corrected chi connectivity index (χ4v) is 15.7. The standard InChI is InChI=1S/C90H152N3O7PS/c1-22-25-28-31-34-36-38-40-42-44-46-48-50-52-54-57-60-90(71-65-72(86(10,11)12)78(94)73(66-71)87(13,14)15,61-58-55-53-51-49-47-45-43-41-39-37-35-32-29-26-23-2)100-101(96)99-80-75(89(19,20)21)64-70(85(7,8)9)68-77(80)98-82-91-81(92-83(93-82)102-62-59-56-33-30-27-24-3)97-76-67-69(84(4,5)6)63-74(79(76)95)88(16,17)18/h63-68H,22-62H2,1-21H3,(H-,94,95)/p+1. The lowest BCUT2D eigenvalue weighted by Crippen LogP contribution is -2.30. The van der Waals surface area contributed by atoms with E-state index in [1.807, 2.05) is 12.1 Å². The fraction of sp³-hybridized carbons (Fsp3) is 0.767. The van der Waals surface area contributed by atoms with Crippen LogP contribution >= 0.6 is 20.0 Å². The second-order valence-electron chi connectivity index (χ2n) is 36.7. The summed E-state index contributed by atoms with van der Waals surface area (Å²) < 4.78 is 44.3. The Kier molecular flexibility index (Phi) is 39.9. The first-order valence-corrected chi connectivity index (χ1v) is 43.7. The lowest BCUT2D eigenvalue weighted by Gasteiger charge is -2.34. The zero-order valence-corrected chi connectivity index (χ0v) is 71.3. The summed E-state index contributed by atoms with van der Waals surface area (Å²) in [6, 6.07) is 12.4. The first-order chi connectivity index (χ1) is 48.0. The SMILES string of the molecule is CCCCCCCCCCCCCCCCCCC(CCCCCCCCCCCCCCCCCC)(O[P+](=O)Oc1c(Oc2nc(Oc3cc(C(C)(C)C)cc(C(C)(C)C)c3O)nc(SCCCCCCCC)n2)cc(C(C)(C)C)cc1C(C)(C)C)c1cc(C(C)(C)C)c(O)c(C(C)(C)C)c1. The maximum absolute atomic E-state index is 16.0. The van der Waals surface area contributed by atoms with Gasteiger partial charge in [-0.15, -0.1) is 9.51 Å². The first-order valence-electron chi connectivity index (χ1n) is 41.6. The van der Waals surface area contributed by atoms with Crippen LogP contribution < -0.4 is 14.0 Å². The Balaban J connectivity index is 1.84. The van der Waals surface area contributed by atoms with E-state index in [-0.39, 0.29) is 34.3 Å². The summed E-state index contributed by atoms with van der Waals surface area (Å²) in [6.45, 7) is 45.5. The highest BCUT2D eigenvalue weighted by Crippen LogP contribution is 2.53. The molecule has 0 fully saturated rings. The van der Waals surface area contributed by atoms with Crippen molar-refractivity contribution >= 4 is 20.0 Å². The molecule has 0 aliphatic carbocycles. The Morgan fingerprint density at radius 1 is 0.343 bits per heavy atom. The monoisotopic (exact) mass is 1450 g/mol. The van der Waals surface area contributed by atoms with Crippen LogP contribution in [0.5, 0.6) is 40.8 Å². The maximum atomic E-state index is 16.0. The van der Waals surface area contributed by atoms with E-state index in [0.29, 0.717) is 35.2 Å². The Labute approximate surface area is 631 Å². The molecule has 2 N–H and O–H groups in total. The number of phenols is 2. The lowest BCUT2D eigenvalue weighted by atomic mass is 9.74. The van der Waals surface area contributed by atoms with Gasteiger partial charge in [-0.05, 0) is 104 Å². The van der Waals surface area contributed by atoms with E-state index in [9.17, 15) is 10.2 Å². The molecule has 12 heteroatoms. The largest absolute Gasteiger partial charge is 0.751 e. The van der Waals surface area contributed by atoms with Gasteiger partial charge in [-0.3, -0.25) is 0 Å². The van der Waals surface area contributed by atoms with E-state index in [0.717, 1.165) is 96.1 Å². The van der Waals surface area contributed by atoms with Crippen molar-refractivity contribution < 1.29 is 33.3 Å². The average Bonchev–Trinajstić information content (AvgIpc) is 0.681. The molecule has 0 radical (unpaired) electrons. The average molecular weight is 1450 g/mol. The molecule has 4 rings (SSSR count). The second kappa shape index (κ2) is 45.0. The first kappa shape index (κ1) is 90.5. The minimum absolute atomic E-state index is 0.0161. The van der Waals surface area contributed by atoms with E-state index >= 15 is 4.57 Å². The molecule has 0 bridgehead atoms. The summed E-state index contributed by atoms with van der Waals surface area (Å²) >= 11 is 1.53. The second-order valence-corrected chi connectivity index (χ2v) is 38.5. The predicted molar refractivity (Wildman–Crippen MR) is 438 cm³/mol. The number of benzene rings is 3. The quantitative estimate of drug-likeness (QED) is 0.0249. The molecule has 10 nitrogen and oxygen atoms in total. The highest BCUT2D eigenvalue weighted by Gasteiger charge is 2.47. The summed E-state index contributed by atoms with van der Waals surface area (Å²) in [6.07, 6.45) is 49.0. The van der Waals surface area contributed by atoms with Gasteiger partial charge in [0.25, 0.3) is 0 Å². The summed E-state index contributed by atoms with van der Waals surface area (Å²) in [4.78, 5) is 14.8. The molecule has 580 valence electrons. The summed E-state index contributed by atoms with van der Waals surface area (Å²) in [5.74, 6) is 1.97. The highest BCUT2D eigenvalue weighted by atomic mass is 32.2. The maximum Gasteiger partial charge on any atom is 0.751 e. The van der Waals surface area contributed by atoms with Crippen LogP contribution in [0.25, 0.3) is 0 Å². The van der Waals surface area contributed by atoms with Gasteiger partial charge in [-0.2, -0.15) is 9.97 Å². The van der Waals surface area contributed by atoms with Crippen molar-refractivity contribution in [3.8, 4) is 40.8 Å². The van der Waals surface area contributed by atoms with Gasteiger partial charge in [0.2, 0.25) is 5.75 Å². The zero-order chi connectivity index (χ0) is 75.6. The molecule has 1 heterocycles. The van der Waals surface area contributed by atoms with Gasteiger partial charge >= 0.3 is 20.3 Å². The molecule has 1 unspecified atom stereocenters. The Morgan fingerprint density at radius 2 is 0.637 bits per heavy atom. The van der Waals surface area contributed by atoms with Crippen molar-refractivity contribution in [3.05, 3.63) is 75.3 Å². The van der Waals surface area contributed by atoms with Gasteiger partial charge in [0.1, 0.15) is 5.75 Å². The summed E-state index contributed by atoms with van der Waals surface area (Å²) in [5, 5.41) is 24.8. The zero-order valence-electron chi connectivity index (χ0n) is 69.6. The fourth-order valence-electron chi connectivity index (χ4n) is 13.9. The number of thioether (sulfide) groups is 1. The number of rotatable bonds is 51. The van der Waals surface area contributed by atoms with Gasteiger partial charge in [0.05, 0.1) is 0 Å². The van der Waals surface area contributed by atoms with Gasteiger partial charge < -0.3 is 19.7 Å². The number of aromatic nitrogens is 3. The Morgan fingerprint density at radius 3 is 0.980 bits per heavy atom. The topological polar surface area (TPSA) is 133 Å². The van der Waals surface area contributed by atoms with Crippen molar-refractivity contribution in [1.82, 2.24) is 15.0 Å². The third-order valence-corrected chi connectivity index (χ3v) is 22.5. The molecule has 0 aliphatic rings. The lowest BCUT2D eigenvalue weighted by molar-refractivity contribution is 0.0390.